The van der Waals surface area contributed by atoms with Gasteiger partial charge in [-0.05, 0) is 37.8 Å². The molecule has 5 rings (SSSR count). The number of aliphatic hydroxyl groups excluding tert-OH is 1. The lowest BCUT2D eigenvalue weighted by atomic mass is 9.83. The van der Waals surface area contributed by atoms with Gasteiger partial charge in [-0.1, -0.05) is 18.6 Å². The van der Waals surface area contributed by atoms with Gasteiger partial charge < -0.3 is 10.0 Å². The Morgan fingerprint density at radius 2 is 1.97 bits per heavy atom. The molecule has 1 aliphatic heterocycles. The Kier molecular flexibility index (Phi) is 4.75. The van der Waals surface area contributed by atoms with Gasteiger partial charge in [0, 0.05) is 24.2 Å². The number of nitrogens with zero attached hydrogens (tertiary/aromatic N) is 5. The van der Waals surface area contributed by atoms with Gasteiger partial charge in [0.1, 0.15) is 18.0 Å². The average molecular weight is 391 g/mol. The fraction of sp³-hybridized carbons (Fsp3) is 0.455. The van der Waals surface area contributed by atoms with Gasteiger partial charge in [0.25, 0.3) is 5.56 Å². The maximum absolute atomic E-state index is 13.1. The van der Waals surface area contributed by atoms with E-state index in [4.69, 9.17) is 4.98 Å². The van der Waals surface area contributed by atoms with E-state index in [1.54, 1.807) is 17.0 Å². The minimum absolute atomic E-state index is 0.0389. The highest BCUT2D eigenvalue weighted by Gasteiger charge is 2.32. The molecule has 2 aromatic heterocycles. The molecule has 0 amide bonds. The van der Waals surface area contributed by atoms with Gasteiger partial charge >= 0.3 is 0 Å². The van der Waals surface area contributed by atoms with E-state index in [0.29, 0.717) is 22.6 Å². The van der Waals surface area contributed by atoms with E-state index in [2.05, 4.69) is 20.9 Å². The quantitative estimate of drug-likeness (QED) is 0.720. The monoisotopic (exact) mass is 391 g/mol. The minimum Gasteiger partial charge on any atom is -0.395 e. The first kappa shape index (κ1) is 18.2. The maximum Gasteiger partial charge on any atom is 0.261 e. The molecule has 1 aliphatic carbocycles. The van der Waals surface area contributed by atoms with Crippen LogP contribution in [0.5, 0.6) is 0 Å². The van der Waals surface area contributed by atoms with Gasteiger partial charge in [-0.25, -0.2) is 15.0 Å². The Morgan fingerprint density at radius 3 is 2.76 bits per heavy atom. The number of aliphatic hydroxyl groups is 1. The fourth-order valence-electron chi connectivity index (χ4n) is 4.51. The predicted molar refractivity (Wildman–Crippen MR) is 111 cm³/mol. The summed E-state index contributed by atoms with van der Waals surface area (Å²) in [5, 5.41) is 10.2. The molecule has 1 N–H and O–H groups in total. The molecule has 1 saturated carbocycles. The number of hydrogen-bond acceptors (Lipinski definition) is 6. The van der Waals surface area contributed by atoms with Crippen LogP contribution in [0, 0.1) is 0 Å². The molecule has 1 aromatic carbocycles. The lowest BCUT2D eigenvalue weighted by molar-refractivity contribution is 0.270. The van der Waals surface area contributed by atoms with E-state index in [0.717, 1.165) is 30.9 Å². The number of aromatic nitrogens is 4. The largest absolute Gasteiger partial charge is 0.395 e. The third-order valence-electron chi connectivity index (χ3n) is 6.26. The highest BCUT2D eigenvalue weighted by atomic mass is 16.3. The molecule has 1 atom stereocenters. The van der Waals surface area contributed by atoms with Crippen molar-refractivity contribution >= 4 is 16.7 Å². The van der Waals surface area contributed by atoms with Crippen LogP contribution in [0.4, 0.5) is 5.82 Å². The lowest BCUT2D eigenvalue weighted by Gasteiger charge is -2.29. The first-order chi connectivity index (χ1) is 14.3. The molecule has 7 heteroatoms. The second-order valence-corrected chi connectivity index (χ2v) is 7.95. The number of para-hydroxylation sites is 1. The topological polar surface area (TPSA) is 84.1 Å². The summed E-state index contributed by atoms with van der Waals surface area (Å²) in [6.45, 7) is 1.01. The summed E-state index contributed by atoms with van der Waals surface area (Å²) in [6.07, 6.45) is 7.23. The molecule has 1 saturated heterocycles. The van der Waals surface area contributed by atoms with Gasteiger partial charge in [0.15, 0.2) is 0 Å². The van der Waals surface area contributed by atoms with Crippen LogP contribution in [0.3, 0.4) is 0 Å². The van der Waals surface area contributed by atoms with Gasteiger partial charge in [-0.15, -0.1) is 0 Å². The van der Waals surface area contributed by atoms with Crippen molar-refractivity contribution in [2.24, 2.45) is 0 Å². The van der Waals surface area contributed by atoms with E-state index in [9.17, 15) is 9.90 Å². The predicted octanol–water partition coefficient (Wildman–Crippen LogP) is 2.79. The van der Waals surface area contributed by atoms with Crippen LogP contribution in [0.15, 0.2) is 41.5 Å². The normalized spacial score (nSPS) is 19.6. The molecule has 7 nitrogen and oxygen atoms in total. The van der Waals surface area contributed by atoms with Crippen LogP contribution in [0.2, 0.25) is 0 Å². The van der Waals surface area contributed by atoms with E-state index in [1.807, 2.05) is 18.2 Å². The SMILES string of the molecule is O=c1c2ccccc2nc(C2CCCN2c2cc(C3CCC3)ncn2)n1CCO. The standard InChI is InChI=1S/C22H25N5O2/c28-12-11-27-21(25-17-8-2-1-7-16(17)22(27)29)19-9-4-10-26(19)20-13-18(23-14-24-20)15-5-3-6-15/h1-2,7-8,13-15,19,28H,3-6,9-12H2. The molecule has 1 unspecified atom stereocenters. The molecule has 0 bridgehead atoms. The van der Waals surface area contributed by atoms with Crippen molar-refractivity contribution in [3.8, 4) is 0 Å². The molecule has 2 fully saturated rings. The van der Waals surface area contributed by atoms with Crippen molar-refractivity contribution < 1.29 is 5.11 Å². The molecule has 0 spiro atoms. The third kappa shape index (κ3) is 3.19. The zero-order chi connectivity index (χ0) is 19.8. The first-order valence-corrected chi connectivity index (χ1v) is 10.4. The summed E-state index contributed by atoms with van der Waals surface area (Å²) in [4.78, 5) is 29.2. The molecule has 3 heterocycles. The zero-order valence-corrected chi connectivity index (χ0v) is 16.4. The highest BCUT2D eigenvalue weighted by Crippen LogP contribution is 2.38. The summed E-state index contributed by atoms with van der Waals surface area (Å²) in [5.74, 6) is 2.16. The van der Waals surface area contributed by atoms with Crippen molar-refractivity contribution in [3.63, 3.8) is 0 Å². The Labute approximate surface area is 169 Å². The third-order valence-corrected chi connectivity index (χ3v) is 6.26. The van der Waals surface area contributed by atoms with Crippen molar-refractivity contribution in [2.75, 3.05) is 18.1 Å². The Morgan fingerprint density at radius 1 is 1.10 bits per heavy atom. The van der Waals surface area contributed by atoms with Crippen LogP contribution in [0.1, 0.15) is 55.6 Å². The van der Waals surface area contributed by atoms with Crippen LogP contribution >= 0.6 is 0 Å². The zero-order valence-electron chi connectivity index (χ0n) is 16.4. The number of fused-ring (bicyclic) bond motifs is 1. The van der Waals surface area contributed by atoms with Crippen molar-refractivity contribution in [1.82, 2.24) is 19.5 Å². The van der Waals surface area contributed by atoms with E-state index >= 15 is 0 Å². The van der Waals surface area contributed by atoms with Gasteiger partial charge in [-0.2, -0.15) is 0 Å². The minimum atomic E-state index is -0.0982. The Bertz CT molecular complexity index is 1090. The van der Waals surface area contributed by atoms with Gasteiger partial charge in [0.2, 0.25) is 0 Å². The van der Waals surface area contributed by atoms with Gasteiger partial charge in [0.05, 0.1) is 30.1 Å². The van der Waals surface area contributed by atoms with Crippen LogP contribution < -0.4 is 10.5 Å². The second kappa shape index (κ2) is 7.55. The van der Waals surface area contributed by atoms with E-state index in [1.165, 1.54) is 19.3 Å². The molecule has 2 aliphatic rings. The van der Waals surface area contributed by atoms with Crippen molar-refractivity contribution in [1.29, 1.82) is 0 Å². The summed E-state index contributed by atoms with van der Waals surface area (Å²) in [6, 6.07) is 9.49. The number of benzene rings is 1. The van der Waals surface area contributed by atoms with E-state index in [-0.39, 0.29) is 24.8 Å². The van der Waals surface area contributed by atoms with Crippen LogP contribution in [0.25, 0.3) is 10.9 Å². The smallest absolute Gasteiger partial charge is 0.261 e. The molecule has 3 aromatic rings. The molecular weight excluding hydrogens is 366 g/mol. The summed E-state index contributed by atoms with van der Waals surface area (Å²) in [7, 11) is 0. The number of anilines is 1. The fourth-order valence-corrected chi connectivity index (χ4v) is 4.51. The maximum atomic E-state index is 13.1. The van der Waals surface area contributed by atoms with Crippen LogP contribution in [-0.4, -0.2) is 37.8 Å². The lowest BCUT2D eigenvalue weighted by Crippen LogP contribution is -2.33. The Balaban J connectivity index is 1.58. The average Bonchev–Trinajstić information content (AvgIpc) is 3.19. The molecule has 29 heavy (non-hydrogen) atoms. The summed E-state index contributed by atoms with van der Waals surface area (Å²) >= 11 is 0. The first-order valence-electron chi connectivity index (χ1n) is 10.4. The molecule has 150 valence electrons. The number of rotatable bonds is 5. The molecule has 0 radical (unpaired) electrons. The van der Waals surface area contributed by atoms with Crippen molar-refractivity contribution in [2.45, 2.75) is 50.6 Å². The summed E-state index contributed by atoms with van der Waals surface area (Å²) < 4.78 is 1.64. The molecular formula is C22H25N5O2. The van der Waals surface area contributed by atoms with E-state index < -0.39 is 0 Å². The van der Waals surface area contributed by atoms with Gasteiger partial charge in [-0.3, -0.25) is 9.36 Å². The van der Waals surface area contributed by atoms with Crippen LogP contribution in [-0.2, 0) is 6.54 Å². The number of hydrogen-bond donors (Lipinski definition) is 1. The highest BCUT2D eigenvalue weighted by molar-refractivity contribution is 5.77. The Hall–Kier alpha value is -2.80. The van der Waals surface area contributed by atoms with Crippen molar-refractivity contribution in [3.05, 3.63) is 58.5 Å². The second-order valence-electron chi connectivity index (χ2n) is 7.95. The summed E-state index contributed by atoms with van der Waals surface area (Å²) in [5.41, 5.74) is 1.72.